The quantitative estimate of drug-likeness (QED) is 0.733. The molecular weight excluding hydrogens is 394 g/mol. The van der Waals surface area contributed by atoms with Gasteiger partial charge in [-0.2, -0.15) is 0 Å². The molecule has 0 saturated carbocycles. The number of amides is 2. The topological polar surface area (TPSA) is 72.0 Å². The molecule has 164 valence electrons. The minimum atomic E-state index is -0.230. The summed E-state index contributed by atoms with van der Waals surface area (Å²) in [6.07, 6.45) is 7.39. The smallest absolute Gasteiger partial charge is 0.259 e. The molecule has 1 aromatic heterocycles. The predicted octanol–water partition coefficient (Wildman–Crippen LogP) is 3.89. The van der Waals surface area contributed by atoms with Crippen LogP contribution in [0.15, 0.2) is 42.6 Å². The molecule has 2 aliphatic heterocycles. The van der Waals surface area contributed by atoms with Gasteiger partial charge >= 0.3 is 0 Å². The highest BCUT2D eigenvalue weighted by Crippen LogP contribution is 2.32. The monoisotopic (exact) mass is 423 g/mol. The molecule has 1 saturated heterocycles. The van der Waals surface area contributed by atoms with Crippen molar-refractivity contribution in [3.8, 4) is 17.4 Å². The van der Waals surface area contributed by atoms with Crippen LogP contribution in [0, 0.1) is 0 Å². The lowest BCUT2D eigenvalue weighted by atomic mass is 10.1. The van der Waals surface area contributed by atoms with Crippen molar-refractivity contribution in [3.05, 3.63) is 48.2 Å². The van der Waals surface area contributed by atoms with Gasteiger partial charge in [-0.3, -0.25) is 9.59 Å². The Balaban J connectivity index is 1.62. The fourth-order valence-electron chi connectivity index (χ4n) is 3.99. The van der Waals surface area contributed by atoms with Crippen LogP contribution < -0.4 is 9.47 Å². The van der Waals surface area contributed by atoms with Crippen molar-refractivity contribution < 1.29 is 19.1 Å². The van der Waals surface area contributed by atoms with Gasteiger partial charge in [-0.15, -0.1) is 0 Å². The number of carbonyl (C=O) groups is 2. The van der Waals surface area contributed by atoms with E-state index in [4.69, 9.17) is 9.47 Å². The van der Waals surface area contributed by atoms with E-state index in [0.717, 1.165) is 51.6 Å². The van der Waals surface area contributed by atoms with E-state index >= 15 is 0 Å². The van der Waals surface area contributed by atoms with Gasteiger partial charge in [0.2, 0.25) is 11.8 Å². The highest BCUT2D eigenvalue weighted by Gasteiger charge is 2.26. The summed E-state index contributed by atoms with van der Waals surface area (Å²) in [6, 6.07) is 10.8. The van der Waals surface area contributed by atoms with Crippen LogP contribution in [0.25, 0.3) is 0 Å². The third-order valence-electron chi connectivity index (χ3n) is 5.71. The average Bonchev–Trinajstić information content (AvgIpc) is 3.33. The van der Waals surface area contributed by atoms with E-state index in [9.17, 15) is 9.59 Å². The number of benzene rings is 1. The number of ether oxygens (including phenoxy) is 2. The van der Waals surface area contributed by atoms with Crippen LogP contribution in [0.5, 0.6) is 17.4 Å². The van der Waals surface area contributed by atoms with Crippen LogP contribution in [-0.4, -0.2) is 59.4 Å². The van der Waals surface area contributed by atoms with Gasteiger partial charge in [0.05, 0.1) is 6.61 Å². The minimum absolute atomic E-state index is 0.0112. The van der Waals surface area contributed by atoms with Crippen LogP contribution in [0.1, 0.15) is 48.9 Å². The van der Waals surface area contributed by atoms with E-state index in [1.165, 1.54) is 0 Å². The number of fused-ring (bicyclic) bond motifs is 2. The SMILES string of the molecule is O=C(CN1CCCCCCOc2ccccc2Oc2ncccc2C1=O)N1CCCC1. The zero-order valence-corrected chi connectivity index (χ0v) is 17.8. The highest BCUT2D eigenvalue weighted by molar-refractivity contribution is 5.98. The highest BCUT2D eigenvalue weighted by atomic mass is 16.5. The molecule has 2 amide bonds. The molecule has 3 heterocycles. The van der Waals surface area contributed by atoms with Crippen molar-refractivity contribution >= 4 is 11.8 Å². The lowest BCUT2D eigenvalue weighted by Crippen LogP contribution is -2.42. The van der Waals surface area contributed by atoms with Gasteiger partial charge in [0.15, 0.2) is 11.5 Å². The van der Waals surface area contributed by atoms with E-state index in [2.05, 4.69) is 4.98 Å². The predicted molar refractivity (Wildman–Crippen MR) is 116 cm³/mol. The van der Waals surface area contributed by atoms with Gasteiger partial charge in [-0.05, 0) is 49.9 Å². The molecule has 1 aromatic carbocycles. The summed E-state index contributed by atoms with van der Waals surface area (Å²) in [5.41, 5.74) is 0.351. The van der Waals surface area contributed by atoms with Crippen molar-refractivity contribution in [1.82, 2.24) is 14.8 Å². The van der Waals surface area contributed by atoms with Gasteiger partial charge in [-0.1, -0.05) is 25.0 Å². The molecule has 7 nitrogen and oxygen atoms in total. The minimum Gasteiger partial charge on any atom is -0.490 e. The van der Waals surface area contributed by atoms with E-state index in [1.807, 2.05) is 23.1 Å². The molecule has 7 heteroatoms. The number of hydrogen-bond donors (Lipinski definition) is 0. The maximum absolute atomic E-state index is 13.5. The van der Waals surface area contributed by atoms with Crippen molar-refractivity contribution in [2.45, 2.75) is 38.5 Å². The maximum Gasteiger partial charge on any atom is 0.259 e. The molecule has 0 radical (unpaired) electrons. The lowest BCUT2D eigenvalue weighted by Gasteiger charge is -2.26. The molecule has 1 fully saturated rings. The van der Waals surface area contributed by atoms with Gasteiger partial charge in [0, 0.05) is 25.8 Å². The summed E-state index contributed by atoms with van der Waals surface area (Å²) in [5.74, 6) is 1.15. The number of hydrogen-bond acceptors (Lipinski definition) is 5. The van der Waals surface area contributed by atoms with Crippen LogP contribution in [0.3, 0.4) is 0 Å². The molecule has 0 aliphatic carbocycles. The number of nitrogens with zero attached hydrogens (tertiary/aromatic N) is 3. The maximum atomic E-state index is 13.5. The van der Waals surface area contributed by atoms with Crippen molar-refractivity contribution in [2.75, 3.05) is 32.8 Å². The standard InChI is InChI=1S/C24H29N3O4/c28-22(26-14-6-7-15-26)18-27-16-5-1-2-8-17-30-20-11-3-4-12-21(20)31-23-19(24(27)29)10-9-13-25-23/h3-4,9-13H,1-2,5-8,14-18H2. The number of pyridine rings is 1. The van der Waals surface area contributed by atoms with Gasteiger partial charge in [0.1, 0.15) is 12.1 Å². The van der Waals surface area contributed by atoms with Crippen LogP contribution in [-0.2, 0) is 4.79 Å². The Morgan fingerprint density at radius 1 is 0.903 bits per heavy atom. The molecule has 0 atom stereocenters. The summed E-state index contributed by atoms with van der Waals surface area (Å²) >= 11 is 0. The normalized spacial score (nSPS) is 17.7. The molecule has 0 bridgehead atoms. The number of aromatic nitrogens is 1. The number of para-hydroxylation sites is 2. The Morgan fingerprint density at radius 2 is 1.65 bits per heavy atom. The Labute approximate surface area is 183 Å². The van der Waals surface area contributed by atoms with E-state index in [-0.39, 0.29) is 24.2 Å². The van der Waals surface area contributed by atoms with Crippen molar-refractivity contribution in [1.29, 1.82) is 0 Å². The average molecular weight is 424 g/mol. The second-order valence-corrected chi connectivity index (χ2v) is 7.98. The summed E-state index contributed by atoms with van der Waals surface area (Å²) in [6.45, 7) is 2.78. The molecule has 2 aliphatic rings. The zero-order valence-electron chi connectivity index (χ0n) is 17.8. The second-order valence-electron chi connectivity index (χ2n) is 7.98. The summed E-state index contributed by atoms with van der Waals surface area (Å²) in [7, 11) is 0. The molecule has 31 heavy (non-hydrogen) atoms. The Bertz CT molecular complexity index is 911. The third kappa shape index (κ3) is 5.34. The number of rotatable bonds is 2. The lowest BCUT2D eigenvalue weighted by molar-refractivity contribution is -0.130. The fraction of sp³-hybridized carbons (Fsp3) is 0.458. The first-order chi connectivity index (χ1) is 15.2. The summed E-state index contributed by atoms with van der Waals surface area (Å²) in [4.78, 5) is 34.1. The summed E-state index contributed by atoms with van der Waals surface area (Å²) in [5, 5.41) is 0. The Hall–Kier alpha value is -3.09. The second kappa shape index (κ2) is 10.3. The third-order valence-corrected chi connectivity index (χ3v) is 5.71. The fourth-order valence-corrected chi connectivity index (χ4v) is 3.99. The molecule has 0 spiro atoms. The first-order valence-electron chi connectivity index (χ1n) is 11.1. The van der Waals surface area contributed by atoms with E-state index < -0.39 is 0 Å². The van der Waals surface area contributed by atoms with Crippen molar-refractivity contribution in [2.24, 2.45) is 0 Å². The van der Waals surface area contributed by atoms with Crippen LogP contribution >= 0.6 is 0 Å². The van der Waals surface area contributed by atoms with Crippen LogP contribution in [0.2, 0.25) is 0 Å². The first-order valence-corrected chi connectivity index (χ1v) is 11.1. The van der Waals surface area contributed by atoms with Crippen LogP contribution in [0.4, 0.5) is 0 Å². The molecule has 4 rings (SSSR count). The van der Waals surface area contributed by atoms with Gasteiger partial charge in [0.25, 0.3) is 5.91 Å². The molecule has 0 N–H and O–H groups in total. The number of carbonyl (C=O) groups excluding carboxylic acids is 2. The molecule has 0 unspecified atom stereocenters. The zero-order chi connectivity index (χ0) is 21.5. The van der Waals surface area contributed by atoms with E-state index in [1.54, 1.807) is 29.3 Å². The number of likely N-dealkylation sites (tertiary alicyclic amines) is 1. The van der Waals surface area contributed by atoms with E-state index in [0.29, 0.717) is 30.2 Å². The van der Waals surface area contributed by atoms with Gasteiger partial charge in [-0.25, -0.2) is 4.98 Å². The first kappa shape index (κ1) is 21.2. The van der Waals surface area contributed by atoms with Crippen molar-refractivity contribution in [3.63, 3.8) is 0 Å². The molecule has 2 aromatic rings. The largest absolute Gasteiger partial charge is 0.490 e. The Kier molecular flexibility index (Phi) is 7.02. The van der Waals surface area contributed by atoms with Gasteiger partial charge < -0.3 is 19.3 Å². The Morgan fingerprint density at radius 3 is 2.48 bits per heavy atom. The summed E-state index contributed by atoms with van der Waals surface area (Å²) < 4.78 is 11.9. The molecular formula is C24H29N3O4.